The van der Waals surface area contributed by atoms with Gasteiger partial charge in [0.25, 0.3) is 0 Å². The van der Waals surface area contributed by atoms with Crippen LogP contribution in [0, 0.1) is 0 Å². The molecule has 6 heteroatoms. The highest BCUT2D eigenvalue weighted by Gasteiger charge is 2.19. The maximum absolute atomic E-state index is 12.8. The number of ether oxygens (including phenoxy) is 3. The third-order valence-electron chi connectivity index (χ3n) is 12.2. The van der Waals surface area contributed by atoms with Crippen molar-refractivity contribution < 1.29 is 28.6 Å². The molecule has 6 nitrogen and oxygen atoms in total. The number of esters is 3. The molecule has 0 aromatic heterocycles. The average molecular weight is 1060 g/mol. The van der Waals surface area contributed by atoms with Crippen LogP contribution in [-0.2, 0) is 28.6 Å². The molecule has 0 heterocycles. The predicted octanol–water partition coefficient (Wildman–Crippen LogP) is 21.1. The molecule has 0 spiro atoms. The van der Waals surface area contributed by atoms with Gasteiger partial charge in [-0.2, -0.15) is 0 Å². The largest absolute Gasteiger partial charge is 0.462 e. The number of rotatable bonds is 53. The molecule has 0 aliphatic carbocycles. The van der Waals surface area contributed by atoms with Crippen LogP contribution in [0.25, 0.3) is 0 Å². The summed E-state index contributed by atoms with van der Waals surface area (Å²) in [5.41, 5.74) is 0. The van der Waals surface area contributed by atoms with Gasteiger partial charge in [-0.1, -0.05) is 262 Å². The van der Waals surface area contributed by atoms with Crippen molar-refractivity contribution >= 4 is 17.9 Å². The molecule has 0 amide bonds. The van der Waals surface area contributed by atoms with Gasteiger partial charge in [0.2, 0.25) is 0 Å². The van der Waals surface area contributed by atoms with Crippen molar-refractivity contribution in [1.82, 2.24) is 0 Å². The van der Waals surface area contributed by atoms with E-state index in [1.165, 1.54) is 57.8 Å². The molecule has 1 unspecified atom stereocenters. The van der Waals surface area contributed by atoms with Gasteiger partial charge < -0.3 is 14.2 Å². The van der Waals surface area contributed by atoms with Gasteiger partial charge in [0.1, 0.15) is 13.2 Å². The first-order valence-corrected chi connectivity index (χ1v) is 30.6. The van der Waals surface area contributed by atoms with E-state index in [9.17, 15) is 14.4 Å². The van der Waals surface area contributed by atoms with Crippen molar-refractivity contribution in [3.8, 4) is 0 Å². The van der Waals surface area contributed by atoms with Crippen molar-refractivity contribution in [1.29, 1.82) is 0 Å². The van der Waals surface area contributed by atoms with Gasteiger partial charge in [-0.3, -0.25) is 14.4 Å². The Morgan fingerprint density at radius 1 is 0.286 bits per heavy atom. The average Bonchev–Trinajstić information content (AvgIpc) is 3.43. The molecule has 0 aliphatic rings. The Labute approximate surface area is 472 Å². The molecule has 1 atom stereocenters. The Morgan fingerprint density at radius 3 is 0.870 bits per heavy atom. The molecule has 0 aromatic carbocycles. The van der Waals surface area contributed by atoms with Gasteiger partial charge in [-0.25, -0.2) is 0 Å². The summed E-state index contributed by atoms with van der Waals surface area (Å²) in [6.45, 7) is 6.25. The number of unbranched alkanes of at least 4 members (excludes halogenated alkanes) is 15. The second kappa shape index (κ2) is 63.3. The van der Waals surface area contributed by atoms with E-state index in [4.69, 9.17) is 14.2 Å². The lowest BCUT2D eigenvalue weighted by Crippen LogP contribution is -2.30. The fourth-order valence-corrected chi connectivity index (χ4v) is 7.69. The molecule has 77 heavy (non-hydrogen) atoms. The Morgan fingerprint density at radius 2 is 0.545 bits per heavy atom. The molecule has 0 aliphatic heterocycles. The zero-order valence-corrected chi connectivity index (χ0v) is 49.1. The summed E-state index contributed by atoms with van der Waals surface area (Å²) in [5, 5.41) is 0. The highest BCUT2D eigenvalue weighted by molar-refractivity contribution is 5.72. The standard InChI is InChI=1S/C71H110O6/c1-4-7-10-13-16-19-22-24-26-27-28-29-30-31-32-33-34-35-36-37-38-39-40-41-42-43-45-46-49-52-55-58-61-64-70(73)76-67-68(66-75-69(72)63-60-57-54-51-48-21-18-15-12-9-6-3)77-71(74)65-62-59-56-53-50-47-44-25-23-20-17-14-11-8-5-2/h7-8,10-11,15-20,24-26,28-29,31-32,34-35,37-38,40-41,44,50,53,59,62,68H,4-6,9,12-14,21-23,27,30,33,36,39,42-43,45-49,51-52,54-58,60-61,63-67H2,1-3H3/b10-7-,11-8-,18-15-,19-16-,20-17-,26-24-,29-28-,32-31-,35-34-,38-37-,41-40-,44-25-,53-50-,62-59-. The third-order valence-corrected chi connectivity index (χ3v) is 12.2. The lowest BCUT2D eigenvalue weighted by Gasteiger charge is -2.18. The fourth-order valence-electron chi connectivity index (χ4n) is 7.69. The van der Waals surface area contributed by atoms with E-state index >= 15 is 0 Å². The van der Waals surface area contributed by atoms with Gasteiger partial charge >= 0.3 is 17.9 Å². The summed E-state index contributed by atoms with van der Waals surface area (Å²) in [4.78, 5) is 38.1. The smallest absolute Gasteiger partial charge is 0.310 e. The van der Waals surface area contributed by atoms with Crippen molar-refractivity contribution in [2.24, 2.45) is 0 Å². The van der Waals surface area contributed by atoms with E-state index in [0.29, 0.717) is 19.3 Å². The zero-order chi connectivity index (χ0) is 55.7. The zero-order valence-electron chi connectivity index (χ0n) is 49.1. The highest BCUT2D eigenvalue weighted by Crippen LogP contribution is 2.13. The quantitative estimate of drug-likeness (QED) is 0.0261. The van der Waals surface area contributed by atoms with Crippen LogP contribution < -0.4 is 0 Å². The van der Waals surface area contributed by atoms with Gasteiger partial charge in [0, 0.05) is 12.8 Å². The molecule has 0 fully saturated rings. The SMILES string of the molecule is CC/C=C\C/C=C\C/C=C\C/C=C\C/C=C\C/C=C\C/C=C\C/C=C\CCCCCCCCCCC(=O)OCC(COC(=O)CCCCCCC/C=C\CCCC)OC(=O)C/C=C\C/C=C\C/C=C\C/C=C\C/C=C\CC. The molecule has 0 bridgehead atoms. The first kappa shape index (κ1) is 71.8. The lowest BCUT2D eigenvalue weighted by molar-refractivity contribution is -0.166. The van der Waals surface area contributed by atoms with E-state index in [2.05, 4.69) is 179 Å². The molecular weight excluding hydrogens is 949 g/mol. The molecule has 0 saturated heterocycles. The van der Waals surface area contributed by atoms with Crippen LogP contribution in [0.15, 0.2) is 170 Å². The molecule has 0 radical (unpaired) electrons. The minimum absolute atomic E-state index is 0.0859. The van der Waals surface area contributed by atoms with Gasteiger partial charge in [0.15, 0.2) is 6.10 Å². The van der Waals surface area contributed by atoms with Crippen LogP contribution in [0.2, 0.25) is 0 Å². The number of hydrogen-bond donors (Lipinski definition) is 0. The molecule has 430 valence electrons. The fraction of sp³-hybridized carbons (Fsp3) is 0.563. The summed E-state index contributed by atoms with van der Waals surface area (Å²) in [7, 11) is 0. The van der Waals surface area contributed by atoms with Gasteiger partial charge in [-0.15, -0.1) is 0 Å². The van der Waals surface area contributed by atoms with E-state index in [1.54, 1.807) is 6.08 Å². The van der Waals surface area contributed by atoms with Crippen LogP contribution >= 0.6 is 0 Å². The molecule has 0 rings (SSSR count). The molecule has 0 N–H and O–H groups in total. The third kappa shape index (κ3) is 61.5. The summed E-state index contributed by atoms with van der Waals surface area (Å²) >= 11 is 0. The Balaban J connectivity index is 4.33. The normalized spacial score (nSPS) is 13.3. The van der Waals surface area contributed by atoms with Gasteiger partial charge in [-0.05, 0) is 128 Å². The minimum atomic E-state index is -0.847. The minimum Gasteiger partial charge on any atom is -0.462 e. The van der Waals surface area contributed by atoms with Crippen LogP contribution in [-0.4, -0.2) is 37.2 Å². The summed E-state index contributed by atoms with van der Waals surface area (Å²) < 4.78 is 16.7. The van der Waals surface area contributed by atoms with Crippen LogP contribution in [0.5, 0.6) is 0 Å². The van der Waals surface area contributed by atoms with Crippen LogP contribution in [0.3, 0.4) is 0 Å². The molecular formula is C71H110O6. The van der Waals surface area contributed by atoms with E-state index in [0.717, 1.165) is 135 Å². The highest BCUT2D eigenvalue weighted by atomic mass is 16.6. The Kier molecular flexibility index (Phi) is 59.0. The van der Waals surface area contributed by atoms with E-state index in [1.807, 2.05) is 6.08 Å². The number of carbonyl (C=O) groups excluding carboxylic acids is 3. The Hall–Kier alpha value is -5.23. The number of carbonyl (C=O) groups is 3. The van der Waals surface area contributed by atoms with Crippen molar-refractivity contribution in [2.45, 2.75) is 245 Å². The summed E-state index contributed by atoms with van der Waals surface area (Å²) in [6.07, 6.45) is 93.9. The second-order valence-corrected chi connectivity index (χ2v) is 19.5. The summed E-state index contributed by atoms with van der Waals surface area (Å²) in [6, 6.07) is 0. The molecule has 0 saturated carbocycles. The second-order valence-electron chi connectivity index (χ2n) is 19.5. The van der Waals surface area contributed by atoms with E-state index < -0.39 is 12.1 Å². The van der Waals surface area contributed by atoms with Crippen molar-refractivity contribution in [3.63, 3.8) is 0 Å². The first-order valence-electron chi connectivity index (χ1n) is 30.6. The first-order chi connectivity index (χ1) is 38.0. The predicted molar refractivity (Wildman–Crippen MR) is 334 cm³/mol. The molecule has 0 aromatic rings. The Bertz CT molecular complexity index is 1790. The monoisotopic (exact) mass is 1060 g/mol. The van der Waals surface area contributed by atoms with Gasteiger partial charge in [0.05, 0.1) is 6.42 Å². The maximum atomic E-state index is 12.8. The number of allylic oxidation sites excluding steroid dienone is 27. The van der Waals surface area contributed by atoms with Crippen LogP contribution in [0.4, 0.5) is 0 Å². The maximum Gasteiger partial charge on any atom is 0.310 e. The van der Waals surface area contributed by atoms with Crippen molar-refractivity contribution in [3.05, 3.63) is 170 Å². The lowest BCUT2D eigenvalue weighted by atomic mass is 10.1. The topological polar surface area (TPSA) is 78.9 Å². The summed E-state index contributed by atoms with van der Waals surface area (Å²) in [5.74, 6) is -1.09. The van der Waals surface area contributed by atoms with E-state index in [-0.39, 0.29) is 31.6 Å². The van der Waals surface area contributed by atoms with Crippen molar-refractivity contribution in [2.75, 3.05) is 13.2 Å². The number of hydrogen-bond acceptors (Lipinski definition) is 6. The van der Waals surface area contributed by atoms with Crippen LogP contribution in [0.1, 0.15) is 239 Å².